The Morgan fingerprint density at radius 1 is 0.524 bits per heavy atom. The van der Waals surface area contributed by atoms with Crippen LogP contribution >= 0.6 is 22.7 Å². The zero-order valence-electron chi connectivity index (χ0n) is 26.6. The van der Waals surface area contributed by atoms with Crippen LogP contribution in [0.3, 0.4) is 0 Å². The number of rotatable bonds is 6. The Balaban J connectivity index is 1.60. The Bertz CT molecular complexity index is 1710. The standard InChI is InChI=1S/C36H42O2S2Si2/c1-35(2,3)41(7,8)29-19-13-17-25-27(29)21-39-33(25)31(37)23-15-11-12-16-24(23)32(38)34-26-18-14-20-30(28(26)22-40-34)42(9,10)36(4,5)6/h11-22H,1-10H3. The molecule has 2 nitrogen and oxygen atoms in total. The third kappa shape index (κ3) is 4.90. The van der Waals surface area contributed by atoms with Crippen LogP contribution in [0, 0.1) is 0 Å². The lowest BCUT2D eigenvalue weighted by molar-refractivity contribution is 0.101. The molecule has 0 aliphatic heterocycles. The SMILES string of the molecule is CC(C)(C)[Si](C)(C)c1cccc2c(C(=O)c3ccccc3C(=O)c3scc4c([Si](C)(C)C(C)(C)C)cccc34)scc12. The van der Waals surface area contributed by atoms with Gasteiger partial charge >= 0.3 is 0 Å². The summed E-state index contributed by atoms with van der Waals surface area (Å²) < 4.78 is 0. The molecule has 0 saturated carbocycles. The zero-order chi connectivity index (χ0) is 30.8. The summed E-state index contributed by atoms with van der Waals surface area (Å²) in [6, 6.07) is 20.2. The van der Waals surface area contributed by atoms with Gasteiger partial charge in [-0.25, -0.2) is 0 Å². The van der Waals surface area contributed by atoms with Crippen LogP contribution in [0.4, 0.5) is 0 Å². The van der Waals surface area contributed by atoms with Crippen molar-refractivity contribution in [3.63, 3.8) is 0 Å². The van der Waals surface area contributed by atoms with E-state index in [0.717, 1.165) is 10.8 Å². The molecule has 0 bridgehead atoms. The summed E-state index contributed by atoms with van der Waals surface area (Å²) in [5, 5.41) is 11.8. The Morgan fingerprint density at radius 2 is 0.881 bits per heavy atom. The lowest BCUT2D eigenvalue weighted by Crippen LogP contribution is -2.49. The van der Waals surface area contributed by atoms with Crippen molar-refractivity contribution in [3.05, 3.63) is 92.3 Å². The highest BCUT2D eigenvalue weighted by Crippen LogP contribution is 2.40. The summed E-state index contributed by atoms with van der Waals surface area (Å²) in [7, 11) is -3.64. The lowest BCUT2D eigenvalue weighted by atomic mass is 9.96. The van der Waals surface area contributed by atoms with Gasteiger partial charge in [0.15, 0.2) is 0 Å². The van der Waals surface area contributed by atoms with Crippen LogP contribution in [0.1, 0.15) is 72.0 Å². The van der Waals surface area contributed by atoms with E-state index in [1.54, 1.807) is 0 Å². The van der Waals surface area contributed by atoms with Crippen LogP contribution in [0.5, 0.6) is 0 Å². The highest BCUT2D eigenvalue weighted by Gasteiger charge is 2.39. The minimum atomic E-state index is -1.82. The molecule has 0 radical (unpaired) electrons. The number of thiophene rings is 2. The number of hydrogen-bond acceptors (Lipinski definition) is 4. The van der Waals surface area contributed by atoms with Crippen molar-refractivity contribution in [2.24, 2.45) is 0 Å². The van der Waals surface area contributed by atoms with Crippen molar-refractivity contribution >= 4 is 82.3 Å². The second-order valence-electron chi connectivity index (χ2n) is 14.6. The Kier molecular flexibility index (Phi) is 7.71. The summed E-state index contributed by atoms with van der Waals surface area (Å²) in [5.74, 6) is -0.150. The number of ketones is 2. The summed E-state index contributed by atoms with van der Waals surface area (Å²) in [5.41, 5.74) is 0.956. The average molecular weight is 627 g/mol. The van der Waals surface area contributed by atoms with E-state index in [9.17, 15) is 9.59 Å². The molecule has 0 unspecified atom stereocenters. The van der Waals surface area contributed by atoms with Crippen LogP contribution in [0.25, 0.3) is 21.5 Å². The maximum Gasteiger partial charge on any atom is 0.204 e. The van der Waals surface area contributed by atoms with Gasteiger partial charge in [0.05, 0.1) is 25.9 Å². The van der Waals surface area contributed by atoms with Gasteiger partial charge in [-0.15, -0.1) is 22.7 Å². The molecule has 0 N–H and O–H groups in total. The van der Waals surface area contributed by atoms with Gasteiger partial charge in [-0.1, -0.05) is 139 Å². The normalized spacial score (nSPS) is 13.2. The van der Waals surface area contributed by atoms with Gasteiger partial charge in [0, 0.05) is 21.9 Å². The van der Waals surface area contributed by atoms with E-state index in [2.05, 4.69) is 115 Å². The highest BCUT2D eigenvalue weighted by atomic mass is 32.1. The smallest absolute Gasteiger partial charge is 0.204 e. The van der Waals surface area contributed by atoms with Gasteiger partial charge in [-0.2, -0.15) is 0 Å². The first-order chi connectivity index (χ1) is 19.5. The van der Waals surface area contributed by atoms with Crippen LogP contribution in [0.15, 0.2) is 71.4 Å². The number of carbonyl (C=O) groups excluding carboxylic acids is 2. The third-order valence-corrected chi connectivity index (χ3v) is 23.3. The van der Waals surface area contributed by atoms with E-state index in [-0.39, 0.29) is 21.6 Å². The predicted octanol–water partition coefficient (Wildman–Crippen LogP) is 10.0. The van der Waals surface area contributed by atoms with Gasteiger partial charge in [-0.05, 0) is 31.6 Å². The fourth-order valence-corrected chi connectivity index (χ4v) is 12.2. The van der Waals surface area contributed by atoms with Crippen LogP contribution in [0.2, 0.25) is 36.3 Å². The molecule has 6 heteroatoms. The van der Waals surface area contributed by atoms with Gasteiger partial charge in [0.1, 0.15) is 0 Å². The molecule has 0 saturated heterocycles. The Labute approximate surface area is 260 Å². The summed E-state index contributed by atoms with van der Waals surface area (Å²) in [6.07, 6.45) is 0. The molecule has 0 atom stereocenters. The van der Waals surface area contributed by atoms with Crippen molar-refractivity contribution < 1.29 is 9.59 Å². The lowest BCUT2D eigenvalue weighted by Gasteiger charge is -2.37. The molecule has 2 heterocycles. The maximum absolute atomic E-state index is 14.2. The summed E-state index contributed by atoms with van der Waals surface area (Å²) in [6.45, 7) is 23.6. The zero-order valence-corrected chi connectivity index (χ0v) is 30.2. The number of fused-ring (bicyclic) bond motifs is 2. The van der Waals surface area contributed by atoms with E-state index in [4.69, 9.17) is 0 Å². The molecule has 5 rings (SSSR count). The number of hydrogen-bond donors (Lipinski definition) is 0. The minimum absolute atomic E-state index is 0.0749. The molecule has 0 spiro atoms. The first-order valence-electron chi connectivity index (χ1n) is 14.7. The van der Waals surface area contributed by atoms with Gasteiger partial charge in [0.25, 0.3) is 0 Å². The van der Waals surface area contributed by atoms with E-state index >= 15 is 0 Å². The average Bonchev–Trinajstić information content (AvgIpc) is 3.55. The van der Waals surface area contributed by atoms with Crippen molar-refractivity contribution in [2.75, 3.05) is 0 Å². The van der Waals surface area contributed by atoms with Crippen LogP contribution < -0.4 is 10.4 Å². The Hall–Kier alpha value is -2.65. The molecule has 0 amide bonds. The molecule has 5 aromatic rings. The predicted molar refractivity (Wildman–Crippen MR) is 191 cm³/mol. The molecular formula is C36H42O2S2Si2. The fraction of sp³-hybridized carbons (Fsp3) is 0.333. The molecule has 0 fully saturated rings. The molecular weight excluding hydrogens is 585 g/mol. The molecule has 42 heavy (non-hydrogen) atoms. The number of benzene rings is 3. The monoisotopic (exact) mass is 626 g/mol. The van der Waals surface area contributed by atoms with Gasteiger partial charge in [0.2, 0.25) is 11.6 Å². The topological polar surface area (TPSA) is 34.1 Å². The first-order valence-corrected chi connectivity index (χ1v) is 22.4. The fourth-order valence-electron chi connectivity index (χ4n) is 5.52. The first kappa shape index (κ1) is 30.8. The molecule has 2 aromatic heterocycles. The van der Waals surface area contributed by atoms with Crippen molar-refractivity contribution in [2.45, 2.75) is 77.8 Å². The van der Waals surface area contributed by atoms with E-state index in [1.807, 2.05) is 24.3 Å². The Morgan fingerprint density at radius 3 is 1.21 bits per heavy atom. The van der Waals surface area contributed by atoms with Crippen LogP contribution in [-0.4, -0.2) is 27.7 Å². The van der Waals surface area contributed by atoms with E-state index < -0.39 is 16.1 Å². The third-order valence-electron chi connectivity index (χ3n) is 10.2. The largest absolute Gasteiger partial charge is 0.288 e. The number of carbonyl (C=O) groups is 2. The second-order valence-corrected chi connectivity index (χ2v) is 27.0. The summed E-state index contributed by atoms with van der Waals surface area (Å²) in [4.78, 5) is 29.8. The van der Waals surface area contributed by atoms with Crippen molar-refractivity contribution in [3.8, 4) is 0 Å². The molecule has 218 valence electrons. The van der Waals surface area contributed by atoms with Crippen molar-refractivity contribution in [1.29, 1.82) is 0 Å². The highest BCUT2D eigenvalue weighted by molar-refractivity contribution is 7.15. The second kappa shape index (κ2) is 10.5. The summed E-state index contributed by atoms with van der Waals surface area (Å²) >= 11 is 3.01. The maximum atomic E-state index is 14.2. The van der Waals surface area contributed by atoms with Crippen molar-refractivity contribution in [1.82, 2.24) is 0 Å². The molecule has 0 aliphatic carbocycles. The quantitative estimate of drug-likeness (QED) is 0.139. The minimum Gasteiger partial charge on any atom is -0.288 e. The molecule has 0 aliphatic rings. The van der Waals surface area contributed by atoms with Gasteiger partial charge < -0.3 is 0 Å². The van der Waals surface area contributed by atoms with Crippen LogP contribution in [-0.2, 0) is 0 Å². The molecule has 3 aromatic carbocycles. The van der Waals surface area contributed by atoms with E-state index in [1.165, 1.54) is 43.8 Å². The van der Waals surface area contributed by atoms with E-state index in [0.29, 0.717) is 20.9 Å². The van der Waals surface area contributed by atoms with Gasteiger partial charge in [-0.3, -0.25) is 9.59 Å².